The Morgan fingerprint density at radius 3 is 2.65 bits per heavy atom. The van der Waals surface area contributed by atoms with Crippen LogP contribution in [0.25, 0.3) is 0 Å². The average Bonchev–Trinajstić information content (AvgIpc) is 3.12. The van der Waals surface area contributed by atoms with Crippen molar-refractivity contribution in [2.75, 3.05) is 12.4 Å². The molecule has 0 radical (unpaired) electrons. The Morgan fingerprint density at radius 1 is 1.23 bits per heavy atom. The number of hydrogen-bond donors (Lipinski definition) is 2. The summed E-state index contributed by atoms with van der Waals surface area (Å²) in [4.78, 5) is 16.3. The quantitative estimate of drug-likeness (QED) is 0.712. The van der Waals surface area contributed by atoms with Crippen molar-refractivity contribution in [3.05, 3.63) is 71.8 Å². The van der Waals surface area contributed by atoms with Crippen LogP contribution >= 0.6 is 0 Å². The number of anilines is 1. The number of methoxy groups -OCH3 is 1. The molecule has 1 amide bonds. The highest BCUT2D eigenvalue weighted by Gasteiger charge is 2.15. The first-order valence-electron chi connectivity index (χ1n) is 8.15. The molecule has 1 unspecified atom stereocenters. The van der Waals surface area contributed by atoms with Crippen molar-refractivity contribution in [3.8, 4) is 5.75 Å². The van der Waals surface area contributed by atoms with Crippen LogP contribution in [0.2, 0.25) is 0 Å². The summed E-state index contributed by atoms with van der Waals surface area (Å²) in [5, 5.41) is 17.3. The van der Waals surface area contributed by atoms with E-state index < -0.39 is 12.0 Å². The number of aryl methyl sites for hydroxylation is 1. The van der Waals surface area contributed by atoms with Gasteiger partial charge in [-0.3, -0.25) is 4.79 Å². The molecular formula is C19H20N4O3. The molecule has 1 aromatic heterocycles. The highest BCUT2D eigenvalue weighted by molar-refractivity contribution is 6.01. The summed E-state index contributed by atoms with van der Waals surface area (Å²) in [5.74, 6) is 0.379. The maximum atomic E-state index is 12.3. The number of para-hydroxylation sites is 1. The first kappa shape index (κ1) is 17.6. The third-order valence-electron chi connectivity index (χ3n) is 3.99. The SMILES string of the molecule is COc1ccc(C(O)Cn2cnc(C(=O)Nc3ccccc3C)n2)cc1. The molecule has 7 heteroatoms. The first-order chi connectivity index (χ1) is 12.6. The molecule has 0 aliphatic carbocycles. The van der Waals surface area contributed by atoms with Gasteiger partial charge in [0.2, 0.25) is 5.82 Å². The molecule has 2 N–H and O–H groups in total. The van der Waals surface area contributed by atoms with E-state index in [4.69, 9.17) is 4.74 Å². The summed E-state index contributed by atoms with van der Waals surface area (Å²) in [6, 6.07) is 14.6. The van der Waals surface area contributed by atoms with E-state index in [-0.39, 0.29) is 12.4 Å². The molecule has 2 aromatic carbocycles. The van der Waals surface area contributed by atoms with Crippen molar-refractivity contribution >= 4 is 11.6 Å². The lowest BCUT2D eigenvalue weighted by Gasteiger charge is -2.11. The normalized spacial score (nSPS) is 11.8. The van der Waals surface area contributed by atoms with Crippen LogP contribution in [-0.4, -0.2) is 32.9 Å². The summed E-state index contributed by atoms with van der Waals surface area (Å²) >= 11 is 0. The number of hydrogen-bond acceptors (Lipinski definition) is 5. The summed E-state index contributed by atoms with van der Waals surface area (Å²) in [6.07, 6.45) is 0.661. The Hall–Kier alpha value is -3.19. The summed E-state index contributed by atoms with van der Waals surface area (Å²) in [5.41, 5.74) is 2.40. The Bertz CT molecular complexity index is 890. The van der Waals surface area contributed by atoms with Crippen LogP contribution in [-0.2, 0) is 6.54 Å². The van der Waals surface area contributed by atoms with Crippen molar-refractivity contribution in [2.24, 2.45) is 0 Å². The van der Waals surface area contributed by atoms with Crippen LogP contribution < -0.4 is 10.1 Å². The van der Waals surface area contributed by atoms with Crippen molar-refractivity contribution in [3.63, 3.8) is 0 Å². The van der Waals surface area contributed by atoms with Gasteiger partial charge in [-0.15, -0.1) is 5.10 Å². The molecule has 3 rings (SSSR count). The summed E-state index contributed by atoms with van der Waals surface area (Å²) in [7, 11) is 1.59. The third kappa shape index (κ3) is 4.07. The van der Waals surface area contributed by atoms with Crippen LogP contribution in [0.3, 0.4) is 0 Å². The van der Waals surface area contributed by atoms with E-state index in [2.05, 4.69) is 15.4 Å². The zero-order valence-electron chi connectivity index (χ0n) is 14.6. The number of amides is 1. The smallest absolute Gasteiger partial charge is 0.295 e. The predicted octanol–water partition coefficient (Wildman–Crippen LogP) is 2.58. The van der Waals surface area contributed by atoms with Crippen LogP contribution in [0.4, 0.5) is 5.69 Å². The zero-order valence-corrected chi connectivity index (χ0v) is 14.6. The monoisotopic (exact) mass is 352 g/mol. The standard InChI is InChI=1S/C19H20N4O3/c1-13-5-3-4-6-16(13)21-19(25)18-20-12-23(22-18)11-17(24)14-7-9-15(26-2)10-8-14/h3-10,12,17,24H,11H2,1-2H3,(H,21,25). The highest BCUT2D eigenvalue weighted by atomic mass is 16.5. The lowest BCUT2D eigenvalue weighted by molar-refractivity contribution is 0.101. The molecule has 1 heterocycles. The van der Waals surface area contributed by atoms with E-state index >= 15 is 0 Å². The van der Waals surface area contributed by atoms with Gasteiger partial charge in [0.15, 0.2) is 0 Å². The molecule has 0 saturated carbocycles. The van der Waals surface area contributed by atoms with Gasteiger partial charge >= 0.3 is 0 Å². The molecule has 0 bridgehead atoms. The third-order valence-corrected chi connectivity index (χ3v) is 3.99. The zero-order chi connectivity index (χ0) is 18.5. The summed E-state index contributed by atoms with van der Waals surface area (Å²) in [6.45, 7) is 2.10. The van der Waals surface area contributed by atoms with E-state index in [0.717, 1.165) is 16.9 Å². The lowest BCUT2D eigenvalue weighted by atomic mass is 10.1. The van der Waals surface area contributed by atoms with Gasteiger partial charge in [-0.05, 0) is 36.2 Å². The number of carbonyl (C=O) groups excluding carboxylic acids is 1. The highest BCUT2D eigenvalue weighted by Crippen LogP contribution is 2.19. The molecule has 7 nitrogen and oxygen atoms in total. The largest absolute Gasteiger partial charge is 0.497 e. The van der Waals surface area contributed by atoms with Gasteiger partial charge in [0.1, 0.15) is 12.1 Å². The van der Waals surface area contributed by atoms with Gasteiger partial charge < -0.3 is 15.2 Å². The first-order valence-corrected chi connectivity index (χ1v) is 8.15. The molecule has 0 saturated heterocycles. The van der Waals surface area contributed by atoms with E-state index in [1.807, 2.05) is 31.2 Å². The number of ether oxygens (including phenoxy) is 1. The molecule has 0 spiro atoms. The van der Waals surface area contributed by atoms with E-state index in [0.29, 0.717) is 5.69 Å². The van der Waals surface area contributed by atoms with Crippen LogP contribution in [0, 0.1) is 6.92 Å². The molecule has 3 aromatic rings. The number of aliphatic hydroxyl groups excluding tert-OH is 1. The fourth-order valence-corrected chi connectivity index (χ4v) is 2.49. The van der Waals surface area contributed by atoms with Crippen molar-refractivity contribution in [1.29, 1.82) is 0 Å². The molecule has 0 aliphatic rings. The molecule has 1 atom stereocenters. The molecule has 0 aliphatic heterocycles. The lowest BCUT2D eigenvalue weighted by Crippen LogP contribution is -2.16. The van der Waals surface area contributed by atoms with Crippen LogP contribution in [0.5, 0.6) is 5.75 Å². The Labute approximate surface area is 151 Å². The number of rotatable bonds is 6. The maximum absolute atomic E-state index is 12.3. The van der Waals surface area contributed by atoms with Gasteiger partial charge in [0.25, 0.3) is 5.91 Å². The average molecular weight is 352 g/mol. The Kier molecular flexibility index (Phi) is 5.28. The van der Waals surface area contributed by atoms with E-state index in [1.165, 1.54) is 11.0 Å². The topological polar surface area (TPSA) is 89.3 Å². The number of nitrogens with one attached hydrogen (secondary N) is 1. The van der Waals surface area contributed by atoms with Gasteiger partial charge in [-0.1, -0.05) is 30.3 Å². The second-order valence-electron chi connectivity index (χ2n) is 5.85. The minimum Gasteiger partial charge on any atom is -0.497 e. The van der Waals surface area contributed by atoms with E-state index in [1.54, 1.807) is 31.4 Å². The molecule has 134 valence electrons. The minimum atomic E-state index is -0.769. The number of nitrogens with zero attached hydrogens (tertiary/aromatic N) is 3. The fraction of sp³-hybridized carbons (Fsp3) is 0.211. The second-order valence-corrected chi connectivity index (χ2v) is 5.85. The minimum absolute atomic E-state index is 0.0511. The number of aromatic nitrogens is 3. The Balaban J connectivity index is 1.65. The van der Waals surface area contributed by atoms with Gasteiger partial charge in [0, 0.05) is 5.69 Å². The Morgan fingerprint density at radius 2 is 1.96 bits per heavy atom. The van der Waals surface area contributed by atoms with Crippen LogP contribution in [0.1, 0.15) is 27.8 Å². The molecular weight excluding hydrogens is 332 g/mol. The van der Waals surface area contributed by atoms with E-state index in [9.17, 15) is 9.90 Å². The van der Waals surface area contributed by atoms with Gasteiger partial charge in [-0.25, -0.2) is 9.67 Å². The summed E-state index contributed by atoms with van der Waals surface area (Å²) < 4.78 is 6.55. The van der Waals surface area contributed by atoms with Crippen molar-refractivity contribution in [1.82, 2.24) is 14.8 Å². The van der Waals surface area contributed by atoms with Gasteiger partial charge in [0.05, 0.1) is 19.8 Å². The number of aliphatic hydroxyl groups is 1. The van der Waals surface area contributed by atoms with Crippen LogP contribution in [0.15, 0.2) is 54.9 Å². The molecule has 26 heavy (non-hydrogen) atoms. The second kappa shape index (κ2) is 7.79. The maximum Gasteiger partial charge on any atom is 0.295 e. The predicted molar refractivity (Wildman–Crippen MR) is 97.1 cm³/mol. The fourth-order valence-electron chi connectivity index (χ4n) is 2.49. The van der Waals surface area contributed by atoms with Gasteiger partial charge in [-0.2, -0.15) is 0 Å². The number of benzene rings is 2. The van der Waals surface area contributed by atoms with Crippen molar-refractivity contribution in [2.45, 2.75) is 19.6 Å². The molecule has 0 fully saturated rings. The van der Waals surface area contributed by atoms with Crippen molar-refractivity contribution < 1.29 is 14.6 Å². The number of carbonyl (C=O) groups is 1.